The maximum absolute atomic E-state index is 11.7. The summed E-state index contributed by atoms with van der Waals surface area (Å²) in [5.74, 6) is 1.03. The van der Waals surface area contributed by atoms with Crippen molar-refractivity contribution < 1.29 is 13.6 Å². The van der Waals surface area contributed by atoms with Crippen molar-refractivity contribution in [3.8, 4) is 0 Å². The van der Waals surface area contributed by atoms with E-state index in [2.05, 4.69) is 23.9 Å². The molecule has 0 heterocycles. The zero-order valence-electron chi connectivity index (χ0n) is 12.2. The molecule has 0 radical (unpaired) electrons. The van der Waals surface area contributed by atoms with E-state index in [1.165, 1.54) is 0 Å². The average molecular weight is 293 g/mol. The van der Waals surface area contributed by atoms with Gasteiger partial charge in [0.2, 0.25) is 0 Å². The van der Waals surface area contributed by atoms with Gasteiger partial charge in [-0.1, -0.05) is 25.9 Å². The van der Waals surface area contributed by atoms with Crippen LogP contribution in [-0.4, -0.2) is 55.5 Å². The van der Waals surface area contributed by atoms with Gasteiger partial charge in [0, 0.05) is 31.8 Å². The number of oxime groups is 1. The summed E-state index contributed by atoms with van der Waals surface area (Å²) in [5, 5.41) is 11.4. The molecular formula is C12H27N3O3S. The minimum Gasteiger partial charge on any atom is -0.409 e. The molecule has 0 aliphatic heterocycles. The fourth-order valence-electron chi connectivity index (χ4n) is 1.81. The molecule has 0 saturated carbocycles. The normalized spacial score (nSPS) is 13.4. The molecule has 0 saturated heterocycles. The van der Waals surface area contributed by atoms with E-state index in [1.807, 2.05) is 6.92 Å². The lowest BCUT2D eigenvalue weighted by Gasteiger charge is -2.23. The van der Waals surface area contributed by atoms with Gasteiger partial charge >= 0.3 is 0 Å². The molecule has 114 valence electrons. The molecule has 0 aliphatic rings. The molecule has 0 aromatic carbocycles. The predicted molar refractivity (Wildman–Crippen MR) is 78.2 cm³/mol. The maximum atomic E-state index is 11.7. The third-order valence-electron chi connectivity index (χ3n) is 2.67. The van der Waals surface area contributed by atoms with Crippen LogP contribution in [0.4, 0.5) is 0 Å². The van der Waals surface area contributed by atoms with Crippen molar-refractivity contribution in [1.82, 2.24) is 4.90 Å². The van der Waals surface area contributed by atoms with Crippen molar-refractivity contribution in [3.05, 3.63) is 0 Å². The Bertz CT molecular complexity index is 366. The van der Waals surface area contributed by atoms with Gasteiger partial charge < -0.3 is 15.8 Å². The molecule has 0 atom stereocenters. The van der Waals surface area contributed by atoms with Crippen LogP contribution in [0.3, 0.4) is 0 Å². The van der Waals surface area contributed by atoms with E-state index < -0.39 is 9.84 Å². The Morgan fingerprint density at radius 2 is 1.95 bits per heavy atom. The van der Waals surface area contributed by atoms with Gasteiger partial charge in [0.1, 0.15) is 5.84 Å². The van der Waals surface area contributed by atoms with Crippen LogP contribution >= 0.6 is 0 Å². The van der Waals surface area contributed by atoms with Crippen molar-refractivity contribution in [2.45, 2.75) is 33.6 Å². The second-order valence-electron chi connectivity index (χ2n) is 5.19. The van der Waals surface area contributed by atoms with Crippen LogP contribution in [0.2, 0.25) is 0 Å². The third kappa shape index (κ3) is 9.72. The van der Waals surface area contributed by atoms with Gasteiger partial charge in [-0.3, -0.25) is 0 Å². The highest BCUT2D eigenvalue weighted by atomic mass is 32.2. The van der Waals surface area contributed by atoms with Gasteiger partial charge in [0.15, 0.2) is 9.84 Å². The van der Waals surface area contributed by atoms with Crippen LogP contribution in [0.15, 0.2) is 5.16 Å². The molecule has 0 unspecified atom stereocenters. The second-order valence-corrected chi connectivity index (χ2v) is 7.49. The molecule has 3 N–H and O–H groups in total. The third-order valence-corrected chi connectivity index (χ3v) is 4.50. The number of hydrogen-bond donors (Lipinski definition) is 2. The van der Waals surface area contributed by atoms with E-state index in [9.17, 15) is 8.42 Å². The Kier molecular flexibility index (Phi) is 8.75. The molecule has 0 fully saturated rings. The summed E-state index contributed by atoms with van der Waals surface area (Å²) >= 11 is 0. The Labute approximate surface area is 116 Å². The van der Waals surface area contributed by atoms with Gasteiger partial charge in [0.25, 0.3) is 0 Å². The van der Waals surface area contributed by atoms with Crippen LogP contribution in [0.1, 0.15) is 33.6 Å². The number of nitrogens with two attached hydrogens (primary N) is 1. The van der Waals surface area contributed by atoms with Crippen molar-refractivity contribution in [1.29, 1.82) is 0 Å². The zero-order valence-corrected chi connectivity index (χ0v) is 13.0. The first-order valence-corrected chi connectivity index (χ1v) is 8.52. The van der Waals surface area contributed by atoms with Gasteiger partial charge in [-0.15, -0.1) is 0 Å². The monoisotopic (exact) mass is 293 g/mol. The highest BCUT2D eigenvalue weighted by molar-refractivity contribution is 7.91. The van der Waals surface area contributed by atoms with Crippen LogP contribution in [0.5, 0.6) is 0 Å². The first-order chi connectivity index (χ1) is 8.80. The molecule has 7 heteroatoms. The Morgan fingerprint density at radius 3 is 2.42 bits per heavy atom. The first-order valence-electron chi connectivity index (χ1n) is 6.70. The Morgan fingerprint density at radius 1 is 1.32 bits per heavy atom. The summed E-state index contributed by atoms with van der Waals surface area (Å²) in [7, 11) is -2.96. The highest BCUT2D eigenvalue weighted by Crippen LogP contribution is 2.02. The summed E-state index contributed by atoms with van der Waals surface area (Å²) in [5.41, 5.74) is 5.44. The van der Waals surface area contributed by atoms with E-state index in [0.717, 1.165) is 6.54 Å². The van der Waals surface area contributed by atoms with E-state index >= 15 is 0 Å². The van der Waals surface area contributed by atoms with Crippen LogP contribution < -0.4 is 5.73 Å². The number of hydrogen-bond acceptors (Lipinski definition) is 5. The van der Waals surface area contributed by atoms with Crippen molar-refractivity contribution >= 4 is 15.7 Å². The highest BCUT2D eigenvalue weighted by Gasteiger charge is 2.14. The predicted octanol–water partition coefficient (Wildman–Crippen LogP) is 0.906. The zero-order chi connectivity index (χ0) is 14.9. The second kappa shape index (κ2) is 9.14. The number of amidine groups is 1. The molecule has 0 aromatic heterocycles. The summed E-state index contributed by atoms with van der Waals surface area (Å²) in [6.07, 6.45) is 1.09. The molecule has 0 bridgehead atoms. The van der Waals surface area contributed by atoms with Crippen molar-refractivity contribution in [2.75, 3.05) is 31.1 Å². The van der Waals surface area contributed by atoms with Crippen molar-refractivity contribution in [2.24, 2.45) is 16.8 Å². The van der Waals surface area contributed by atoms with Crippen LogP contribution in [0.25, 0.3) is 0 Å². The summed E-state index contributed by atoms with van der Waals surface area (Å²) in [6.45, 7) is 7.94. The minimum absolute atomic E-state index is 0.170. The van der Waals surface area contributed by atoms with E-state index in [-0.39, 0.29) is 17.3 Å². The SMILES string of the molecule is CCCS(=O)(=O)CCN(CCC(N)=NO)CC(C)C. The smallest absolute Gasteiger partial charge is 0.151 e. The van der Waals surface area contributed by atoms with Crippen molar-refractivity contribution in [3.63, 3.8) is 0 Å². The lowest BCUT2D eigenvalue weighted by atomic mass is 10.2. The number of rotatable bonds is 10. The van der Waals surface area contributed by atoms with Gasteiger partial charge in [0.05, 0.1) is 5.75 Å². The fraction of sp³-hybridized carbons (Fsp3) is 0.917. The lowest BCUT2D eigenvalue weighted by Crippen LogP contribution is -2.35. The Hall–Kier alpha value is -0.820. The summed E-state index contributed by atoms with van der Waals surface area (Å²) in [6, 6.07) is 0. The quantitative estimate of drug-likeness (QED) is 0.270. The summed E-state index contributed by atoms with van der Waals surface area (Å²) in [4.78, 5) is 2.05. The number of nitrogens with zero attached hydrogens (tertiary/aromatic N) is 2. The molecule has 6 nitrogen and oxygen atoms in total. The number of sulfone groups is 1. The van der Waals surface area contributed by atoms with Gasteiger partial charge in [-0.05, 0) is 12.3 Å². The summed E-state index contributed by atoms with van der Waals surface area (Å²) < 4.78 is 23.4. The molecule has 0 rings (SSSR count). The molecule has 19 heavy (non-hydrogen) atoms. The maximum Gasteiger partial charge on any atom is 0.151 e. The van der Waals surface area contributed by atoms with E-state index in [1.54, 1.807) is 0 Å². The van der Waals surface area contributed by atoms with Crippen LogP contribution in [0, 0.1) is 5.92 Å². The van der Waals surface area contributed by atoms with Crippen LogP contribution in [-0.2, 0) is 9.84 Å². The van der Waals surface area contributed by atoms with Gasteiger partial charge in [-0.2, -0.15) is 0 Å². The molecule has 0 spiro atoms. The van der Waals surface area contributed by atoms with Gasteiger partial charge in [-0.25, -0.2) is 8.42 Å². The molecule has 0 aliphatic carbocycles. The Balaban J connectivity index is 4.35. The fourth-order valence-corrected chi connectivity index (χ4v) is 3.18. The topological polar surface area (TPSA) is 96.0 Å². The average Bonchev–Trinajstić information content (AvgIpc) is 2.31. The van der Waals surface area contributed by atoms with E-state index in [0.29, 0.717) is 31.8 Å². The molecule has 0 amide bonds. The largest absolute Gasteiger partial charge is 0.409 e. The lowest BCUT2D eigenvalue weighted by molar-refractivity contribution is 0.261. The first kappa shape index (κ1) is 18.2. The van der Waals surface area contributed by atoms with E-state index in [4.69, 9.17) is 10.9 Å². The molecule has 0 aromatic rings. The minimum atomic E-state index is -2.96. The standard InChI is InChI=1S/C12H27N3O3S/c1-4-8-19(17,18)9-7-15(10-11(2)3)6-5-12(13)14-16/h11,16H,4-10H2,1-3H3,(H2,13,14). The molecular weight excluding hydrogens is 266 g/mol.